The zero-order chi connectivity index (χ0) is 19.0. The quantitative estimate of drug-likeness (QED) is 0.685. The van der Waals surface area contributed by atoms with Crippen molar-refractivity contribution in [3.63, 3.8) is 0 Å². The Morgan fingerprint density at radius 2 is 2.04 bits per heavy atom. The molecule has 7 heteroatoms. The van der Waals surface area contributed by atoms with Crippen LogP contribution in [0.5, 0.6) is 0 Å². The Hall–Kier alpha value is -2.96. The number of hydrogen-bond acceptors (Lipinski definition) is 5. The van der Waals surface area contributed by atoms with Gasteiger partial charge in [-0.05, 0) is 44.0 Å². The molecule has 1 aliphatic heterocycles. The highest BCUT2D eigenvalue weighted by Crippen LogP contribution is 2.37. The molecule has 140 valence electrons. The summed E-state index contributed by atoms with van der Waals surface area (Å²) in [6, 6.07) is 7.44. The summed E-state index contributed by atoms with van der Waals surface area (Å²) in [6.45, 7) is 4.56. The lowest BCUT2D eigenvalue weighted by atomic mass is 10.0. The third kappa shape index (κ3) is 3.13. The maximum Gasteiger partial charge on any atom is 0.293 e. The normalized spacial score (nSPS) is 16.9. The average Bonchev–Trinajstić information content (AvgIpc) is 3.40. The molecular formula is C20H20FN3O3. The standard InChI is InChI=1S/C20H20FN3O3/c1-3-17-19(12(2)22-26-17)16-5-4-10-24(16)20(25)18-11-15(23-27-18)13-6-8-14(21)9-7-13/h6-9,11,16H,3-5,10H2,1-2H3/t16-/m0/s1. The summed E-state index contributed by atoms with van der Waals surface area (Å²) in [5, 5.41) is 8.04. The largest absolute Gasteiger partial charge is 0.361 e. The number of halogens is 1. The van der Waals surface area contributed by atoms with Crippen molar-refractivity contribution >= 4 is 5.91 Å². The van der Waals surface area contributed by atoms with Crippen LogP contribution in [-0.2, 0) is 6.42 Å². The highest BCUT2D eigenvalue weighted by Gasteiger charge is 2.36. The second kappa shape index (κ2) is 6.98. The lowest BCUT2D eigenvalue weighted by Crippen LogP contribution is -2.30. The second-order valence-electron chi connectivity index (χ2n) is 6.70. The summed E-state index contributed by atoms with van der Waals surface area (Å²) in [6.07, 6.45) is 2.49. The van der Waals surface area contributed by atoms with Crippen molar-refractivity contribution in [3.05, 3.63) is 58.9 Å². The Balaban J connectivity index is 1.60. The summed E-state index contributed by atoms with van der Waals surface area (Å²) in [5.41, 5.74) is 3.02. The maximum atomic E-state index is 13.1. The van der Waals surface area contributed by atoms with Crippen molar-refractivity contribution < 1.29 is 18.2 Å². The van der Waals surface area contributed by atoms with Gasteiger partial charge in [0.1, 0.15) is 17.3 Å². The third-order valence-corrected chi connectivity index (χ3v) is 5.01. The molecule has 0 radical (unpaired) electrons. The van der Waals surface area contributed by atoms with Crippen LogP contribution in [0.2, 0.25) is 0 Å². The van der Waals surface area contributed by atoms with Crippen molar-refractivity contribution in [2.24, 2.45) is 0 Å². The maximum absolute atomic E-state index is 13.1. The van der Waals surface area contributed by atoms with Gasteiger partial charge < -0.3 is 13.9 Å². The van der Waals surface area contributed by atoms with Crippen LogP contribution < -0.4 is 0 Å². The summed E-state index contributed by atoms with van der Waals surface area (Å²) < 4.78 is 23.8. The minimum absolute atomic E-state index is 0.0712. The van der Waals surface area contributed by atoms with Crippen LogP contribution in [0.3, 0.4) is 0 Å². The van der Waals surface area contributed by atoms with Crippen molar-refractivity contribution in [1.82, 2.24) is 15.2 Å². The SMILES string of the molecule is CCc1onc(C)c1[C@@H]1CCCN1C(=O)c1cc(-c2ccc(F)cc2)no1. The predicted octanol–water partition coefficient (Wildman–Crippen LogP) is 4.32. The Labute approximate surface area is 155 Å². The fourth-order valence-corrected chi connectivity index (χ4v) is 3.69. The van der Waals surface area contributed by atoms with E-state index in [0.29, 0.717) is 17.8 Å². The Morgan fingerprint density at radius 3 is 2.78 bits per heavy atom. The van der Waals surface area contributed by atoms with E-state index in [1.807, 2.05) is 13.8 Å². The van der Waals surface area contributed by atoms with Gasteiger partial charge in [-0.1, -0.05) is 17.2 Å². The fraction of sp³-hybridized carbons (Fsp3) is 0.350. The number of amides is 1. The van der Waals surface area contributed by atoms with Crippen molar-refractivity contribution in [3.8, 4) is 11.3 Å². The van der Waals surface area contributed by atoms with E-state index in [9.17, 15) is 9.18 Å². The van der Waals surface area contributed by atoms with Crippen LogP contribution >= 0.6 is 0 Å². The molecule has 3 aromatic rings. The number of nitrogens with zero attached hydrogens (tertiary/aromatic N) is 3. The minimum Gasteiger partial charge on any atom is -0.361 e. The molecule has 4 rings (SSSR count). The lowest BCUT2D eigenvalue weighted by Gasteiger charge is -2.23. The number of aryl methyl sites for hydroxylation is 2. The summed E-state index contributed by atoms with van der Waals surface area (Å²) in [7, 11) is 0. The van der Waals surface area contributed by atoms with E-state index in [-0.39, 0.29) is 23.5 Å². The Kier molecular flexibility index (Phi) is 4.51. The topological polar surface area (TPSA) is 72.4 Å². The van der Waals surface area contributed by atoms with Gasteiger partial charge in [-0.25, -0.2) is 4.39 Å². The van der Waals surface area contributed by atoms with E-state index >= 15 is 0 Å². The zero-order valence-corrected chi connectivity index (χ0v) is 15.2. The van der Waals surface area contributed by atoms with E-state index < -0.39 is 0 Å². The van der Waals surface area contributed by atoms with Crippen LogP contribution in [0.4, 0.5) is 4.39 Å². The number of likely N-dealkylation sites (tertiary alicyclic amines) is 1. The van der Waals surface area contributed by atoms with E-state index in [2.05, 4.69) is 10.3 Å². The number of benzene rings is 1. The highest BCUT2D eigenvalue weighted by molar-refractivity contribution is 5.93. The molecule has 3 heterocycles. The number of hydrogen-bond donors (Lipinski definition) is 0. The zero-order valence-electron chi connectivity index (χ0n) is 15.2. The molecule has 0 N–H and O–H groups in total. The molecule has 1 saturated heterocycles. The summed E-state index contributed by atoms with van der Waals surface area (Å²) in [4.78, 5) is 14.8. The molecule has 1 atom stereocenters. The molecule has 27 heavy (non-hydrogen) atoms. The van der Waals surface area contributed by atoms with Crippen LogP contribution in [0, 0.1) is 12.7 Å². The molecule has 0 unspecified atom stereocenters. The number of carbonyl (C=O) groups excluding carboxylic acids is 1. The Bertz CT molecular complexity index is 961. The van der Waals surface area contributed by atoms with Gasteiger partial charge in [0, 0.05) is 30.2 Å². The van der Waals surface area contributed by atoms with Gasteiger partial charge in [-0.2, -0.15) is 0 Å². The van der Waals surface area contributed by atoms with Crippen molar-refractivity contribution in [1.29, 1.82) is 0 Å². The van der Waals surface area contributed by atoms with Gasteiger partial charge in [0.2, 0.25) is 5.76 Å². The fourth-order valence-electron chi connectivity index (χ4n) is 3.69. The van der Waals surface area contributed by atoms with Crippen LogP contribution in [0.1, 0.15) is 53.4 Å². The molecular weight excluding hydrogens is 349 g/mol. The molecule has 1 aliphatic rings. The van der Waals surface area contributed by atoms with Gasteiger partial charge in [0.25, 0.3) is 5.91 Å². The molecule has 0 saturated carbocycles. The third-order valence-electron chi connectivity index (χ3n) is 5.01. The van der Waals surface area contributed by atoms with E-state index in [4.69, 9.17) is 9.05 Å². The first kappa shape index (κ1) is 17.5. The van der Waals surface area contributed by atoms with Crippen molar-refractivity contribution in [2.75, 3.05) is 6.54 Å². The molecule has 1 fully saturated rings. The van der Waals surface area contributed by atoms with Crippen LogP contribution in [0.25, 0.3) is 11.3 Å². The molecule has 1 amide bonds. The smallest absolute Gasteiger partial charge is 0.293 e. The molecule has 0 bridgehead atoms. The van der Waals surface area contributed by atoms with Gasteiger partial charge in [0.05, 0.1) is 11.7 Å². The van der Waals surface area contributed by atoms with Crippen LogP contribution in [0.15, 0.2) is 39.4 Å². The molecule has 6 nitrogen and oxygen atoms in total. The monoisotopic (exact) mass is 369 g/mol. The number of rotatable bonds is 4. The summed E-state index contributed by atoms with van der Waals surface area (Å²) >= 11 is 0. The molecule has 1 aromatic carbocycles. The number of aromatic nitrogens is 2. The summed E-state index contributed by atoms with van der Waals surface area (Å²) in [5.74, 6) is 0.463. The molecule has 0 aliphatic carbocycles. The minimum atomic E-state index is -0.325. The second-order valence-corrected chi connectivity index (χ2v) is 6.70. The number of carbonyl (C=O) groups is 1. The van der Waals surface area contributed by atoms with Gasteiger partial charge in [0.15, 0.2) is 0 Å². The van der Waals surface area contributed by atoms with Gasteiger partial charge >= 0.3 is 0 Å². The van der Waals surface area contributed by atoms with Crippen molar-refractivity contribution in [2.45, 2.75) is 39.2 Å². The first-order valence-corrected chi connectivity index (χ1v) is 9.07. The van der Waals surface area contributed by atoms with Gasteiger partial charge in [-0.15, -0.1) is 0 Å². The average molecular weight is 369 g/mol. The first-order chi connectivity index (χ1) is 13.1. The van der Waals surface area contributed by atoms with E-state index in [1.54, 1.807) is 23.1 Å². The molecule has 0 spiro atoms. The van der Waals surface area contributed by atoms with Crippen LogP contribution in [-0.4, -0.2) is 27.7 Å². The predicted molar refractivity (Wildman–Crippen MR) is 95.5 cm³/mol. The molecule has 2 aromatic heterocycles. The highest BCUT2D eigenvalue weighted by atomic mass is 19.1. The van der Waals surface area contributed by atoms with E-state index in [0.717, 1.165) is 36.3 Å². The Morgan fingerprint density at radius 1 is 1.26 bits per heavy atom. The first-order valence-electron chi connectivity index (χ1n) is 9.07. The van der Waals surface area contributed by atoms with E-state index in [1.165, 1.54) is 12.1 Å². The lowest BCUT2D eigenvalue weighted by molar-refractivity contribution is 0.0692. The van der Waals surface area contributed by atoms with Gasteiger partial charge in [-0.3, -0.25) is 4.79 Å².